The normalized spacial score (nSPS) is 14.4. The van der Waals surface area contributed by atoms with Crippen LogP contribution in [0.25, 0.3) is 0 Å². The number of aliphatic hydroxyl groups is 1. The second-order valence-electron chi connectivity index (χ2n) is 5.76. The second-order valence-corrected chi connectivity index (χ2v) is 5.76. The van der Waals surface area contributed by atoms with Crippen molar-refractivity contribution < 1.29 is 9.90 Å². The molecule has 0 aliphatic heterocycles. The lowest BCUT2D eigenvalue weighted by Crippen LogP contribution is -2.32. The molecule has 1 atom stereocenters. The van der Waals surface area contributed by atoms with E-state index in [1.807, 2.05) is 0 Å². The quantitative estimate of drug-likeness (QED) is 0.517. The fourth-order valence-corrected chi connectivity index (χ4v) is 2.13. The van der Waals surface area contributed by atoms with Crippen LogP contribution >= 0.6 is 0 Å². The van der Waals surface area contributed by atoms with E-state index in [4.69, 9.17) is 0 Å². The average molecular weight is 256 g/mol. The zero-order valence-electron chi connectivity index (χ0n) is 12.6. The number of carbonyl (C=O) groups excluding carboxylic acids is 1. The van der Waals surface area contributed by atoms with E-state index in [2.05, 4.69) is 6.92 Å². The molecule has 0 saturated carbocycles. The summed E-state index contributed by atoms with van der Waals surface area (Å²) in [5, 5.41) is 9.77. The highest BCUT2D eigenvalue weighted by Crippen LogP contribution is 2.17. The summed E-state index contributed by atoms with van der Waals surface area (Å²) in [4.78, 5) is 11.1. The van der Waals surface area contributed by atoms with Crippen LogP contribution in [0.4, 0.5) is 0 Å². The molecular formula is C16H32O2. The molecule has 0 bridgehead atoms. The number of carbonyl (C=O) groups is 1. The van der Waals surface area contributed by atoms with Crippen molar-refractivity contribution in [1.82, 2.24) is 0 Å². The topological polar surface area (TPSA) is 37.3 Å². The molecule has 0 heterocycles. The van der Waals surface area contributed by atoms with Crippen molar-refractivity contribution in [2.24, 2.45) is 0 Å². The first-order chi connectivity index (χ1) is 8.50. The highest BCUT2D eigenvalue weighted by molar-refractivity contribution is 5.84. The van der Waals surface area contributed by atoms with E-state index in [1.165, 1.54) is 58.3 Å². The fourth-order valence-electron chi connectivity index (χ4n) is 2.13. The van der Waals surface area contributed by atoms with Crippen LogP contribution in [-0.4, -0.2) is 16.5 Å². The third-order valence-corrected chi connectivity index (χ3v) is 3.78. The van der Waals surface area contributed by atoms with Crippen molar-refractivity contribution in [3.63, 3.8) is 0 Å². The van der Waals surface area contributed by atoms with Crippen molar-refractivity contribution in [1.29, 1.82) is 0 Å². The number of unbranched alkanes of at least 4 members (excludes halogenated alkanes) is 9. The molecule has 108 valence electrons. The maximum absolute atomic E-state index is 11.1. The molecule has 0 amide bonds. The first-order valence-corrected chi connectivity index (χ1v) is 7.74. The maximum atomic E-state index is 11.1. The Morgan fingerprint density at radius 1 is 0.889 bits per heavy atom. The first kappa shape index (κ1) is 17.6. The Labute approximate surface area is 113 Å². The Hall–Kier alpha value is -0.370. The summed E-state index contributed by atoms with van der Waals surface area (Å²) < 4.78 is 0. The minimum absolute atomic E-state index is 0.113. The van der Waals surface area contributed by atoms with Crippen LogP contribution in [-0.2, 0) is 4.79 Å². The number of hydrogen-bond acceptors (Lipinski definition) is 2. The van der Waals surface area contributed by atoms with Gasteiger partial charge in [-0.3, -0.25) is 4.79 Å². The van der Waals surface area contributed by atoms with Gasteiger partial charge < -0.3 is 5.11 Å². The van der Waals surface area contributed by atoms with Gasteiger partial charge in [0.05, 0.1) is 0 Å². The van der Waals surface area contributed by atoms with Crippen molar-refractivity contribution in [2.45, 2.75) is 97.0 Å². The molecule has 0 radical (unpaired) electrons. The summed E-state index contributed by atoms with van der Waals surface area (Å²) in [6.45, 7) is 5.34. The molecule has 2 nitrogen and oxygen atoms in total. The molecular weight excluding hydrogens is 224 g/mol. The summed E-state index contributed by atoms with van der Waals surface area (Å²) in [7, 11) is 0. The van der Waals surface area contributed by atoms with Crippen LogP contribution in [0.15, 0.2) is 0 Å². The molecule has 0 aliphatic carbocycles. The third-order valence-electron chi connectivity index (χ3n) is 3.78. The third kappa shape index (κ3) is 9.64. The summed E-state index contributed by atoms with van der Waals surface area (Å²) in [6.07, 6.45) is 13.4. The van der Waals surface area contributed by atoms with E-state index in [-0.39, 0.29) is 5.78 Å². The van der Waals surface area contributed by atoms with Crippen molar-refractivity contribution in [3.8, 4) is 0 Å². The minimum Gasteiger partial charge on any atom is -0.382 e. The summed E-state index contributed by atoms with van der Waals surface area (Å²) >= 11 is 0. The van der Waals surface area contributed by atoms with Gasteiger partial charge in [0, 0.05) is 0 Å². The molecule has 0 spiro atoms. The number of rotatable bonds is 12. The predicted molar refractivity (Wildman–Crippen MR) is 77.8 cm³/mol. The Balaban J connectivity index is 3.24. The van der Waals surface area contributed by atoms with Crippen LogP contribution in [0.3, 0.4) is 0 Å². The summed E-state index contributed by atoms with van der Waals surface area (Å²) in [5.74, 6) is -0.113. The van der Waals surface area contributed by atoms with E-state index in [0.717, 1.165) is 12.8 Å². The van der Waals surface area contributed by atoms with Gasteiger partial charge in [0.15, 0.2) is 5.78 Å². The molecule has 0 aromatic rings. The van der Waals surface area contributed by atoms with Crippen molar-refractivity contribution in [3.05, 3.63) is 0 Å². The lowest BCUT2D eigenvalue weighted by atomic mass is 9.94. The SMILES string of the molecule is CCCCCCCCCCCCC(C)(O)C(C)=O. The van der Waals surface area contributed by atoms with Gasteiger partial charge in [0.1, 0.15) is 5.60 Å². The molecule has 2 heteroatoms. The van der Waals surface area contributed by atoms with Crippen LogP contribution in [0.1, 0.15) is 91.4 Å². The minimum atomic E-state index is -1.10. The Morgan fingerprint density at radius 3 is 1.67 bits per heavy atom. The molecule has 0 saturated heterocycles. The largest absolute Gasteiger partial charge is 0.382 e. The van der Waals surface area contributed by atoms with Crippen LogP contribution in [0, 0.1) is 0 Å². The van der Waals surface area contributed by atoms with Gasteiger partial charge in [0.2, 0.25) is 0 Å². The van der Waals surface area contributed by atoms with Gasteiger partial charge in [-0.25, -0.2) is 0 Å². The van der Waals surface area contributed by atoms with E-state index in [1.54, 1.807) is 6.92 Å². The molecule has 0 aliphatic rings. The van der Waals surface area contributed by atoms with Crippen LogP contribution in [0.5, 0.6) is 0 Å². The van der Waals surface area contributed by atoms with Gasteiger partial charge in [-0.2, -0.15) is 0 Å². The molecule has 1 unspecified atom stereocenters. The first-order valence-electron chi connectivity index (χ1n) is 7.74. The van der Waals surface area contributed by atoms with E-state index in [0.29, 0.717) is 6.42 Å². The van der Waals surface area contributed by atoms with E-state index >= 15 is 0 Å². The number of Topliss-reactive ketones (excluding diaryl/α,β-unsaturated/α-hetero) is 1. The monoisotopic (exact) mass is 256 g/mol. The van der Waals surface area contributed by atoms with Gasteiger partial charge in [-0.05, 0) is 20.3 Å². The Morgan fingerprint density at radius 2 is 1.28 bits per heavy atom. The molecule has 1 N–H and O–H groups in total. The molecule has 18 heavy (non-hydrogen) atoms. The smallest absolute Gasteiger partial charge is 0.160 e. The average Bonchev–Trinajstić information content (AvgIpc) is 2.31. The zero-order valence-corrected chi connectivity index (χ0v) is 12.6. The summed E-state index contributed by atoms with van der Waals surface area (Å²) in [6, 6.07) is 0. The van der Waals surface area contributed by atoms with Gasteiger partial charge in [-0.1, -0.05) is 71.1 Å². The number of ketones is 1. The lowest BCUT2D eigenvalue weighted by Gasteiger charge is -2.19. The molecule has 0 rings (SSSR count). The highest BCUT2D eigenvalue weighted by atomic mass is 16.3. The van der Waals surface area contributed by atoms with Crippen molar-refractivity contribution >= 4 is 5.78 Å². The summed E-state index contributed by atoms with van der Waals surface area (Å²) in [5.41, 5.74) is -1.10. The van der Waals surface area contributed by atoms with Crippen LogP contribution in [0.2, 0.25) is 0 Å². The lowest BCUT2D eigenvalue weighted by molar-refractivity contribution is -0.134. The van der Waals surface area contributed by atoms with Crippen LogP contribution < -0.4 is 0 Å². The second kappa shape index (κ2) is 10.5. The number of hydrogen-bond donors (Lipinski definition) is 1. The van der Waals surface area contributed by atoms with Gasteiger partial charge >= 0.3 is 0 Å². The maximum Gasteiger partial charge on any atom is 0.160 e. The molecule has 0 aromatic heterocycles. The Kier molecular flexibility index (Phi) is 10.3. The standard InChI is InChI=1S/C16H32O2/c1-4-5-6-7-8-9-10-11-12-13-14-16(3,18)15(2)17/h18H,4-14H2,1-3H3. The van der Waals surface area contributed by atoms with E-state index < -0.39 is 5.60 Å². The highest BCUT2D eigenvalue weighted by Gasteiger charge is 2.24. The molecule has 0 aromatic carbocycles. The predicted octanol–water partition coefficient (Wildman–Crippen LogP) is 4.64. The van der Waals surface area contributed by atoms with Crippen molar-refractivity contribution in [2.75, 3.05) is 0 Å². The van der Waals surface area contributed by atoms with Gasteiger partial charge in [-0.15, -0.1) is 0 Å². The zero-order chi connectivity index (χ0) is 13.9. The van der Waals surface area contributed by atoms with Gasteiger partial charge in [0.25, 0.3) is 0 Å². The van der Waals surface area contributed by atoms with E-state index in [9.17, 15) is 9.90 Å². The Bertz CT molecular complexity index is 209. The molecule has 0 fully saturated rings. The fraction of sp³-hybridized carbons (Fsp3) is 0.938.